The van der Waals surface area contributed by atoms with Crippen LogP contribution >= 0.6 is 15.9 Å². The third kappa shape index (κ3) is 4.12. The lowest BCUT2D eigenvalue weighted by molar-refractivity contribution is -0.117. The fourth-order valence-electron chi connectivity index (χ4n) is 1.63. The van der Waals surface area contributed by atoms with Crippen LogP contribution < -0.4 is 0 Å². The molecule has 0 heterocycles. The lowest BCUT2D eigenvalue weighted by Gasteiger charge is -2.10. The Hall–Kier alpha value is -0.700. The maximum Gasteiger partial charge on any atom is 0.130 e. The van der Waals surface area contributed by atoms with Crippen molar-refractivity contribution in [1.29, 1.82) is 0 Å². The fraction of sp³-hybridized carbons (Fsp3) is 0.417. The summed E-state index contributed by atoms with van der Waals surface area (Å²) in [7, 11) is 0. The number of rotatable bonds is 4. The lowest BCUT2D eigenvalue weighted by atomic mass is 9.96. The topological polar surface area (TPSA) is 17.1 Å². The molecular formula is C12H14BrFO. The van der Waals surface area contributed by atoms with Gasteiger partial charge in [0, 0.05) is 10.9 Å². The van der Waals surface area contributed by atoms with Crippen LogP contribution in [0.25, 0.3) is 0 Å². The predicted octanol–water partition coefficient (Wildman–Crippen LogP) is 3.75. The summed E-state index contributed by atoms with van der Waals surface area (Å²) in [6, 6.07) is 4.66. The minimum atomic E-state index is -0.246. The van der Waals surface area contributed by atoms with Crippen LogP contribution in [0.4, 0.5) is 4.39 Å². The van der Waals surface area contributed by atoms with Gasteiger partial charge in [-0.2, -0.15) is 0 Å². The molecule has 1 atom stereocenters. The van der Waals surface area contributed by atoms with Crippen molar-refractivity contribution in [3.8, 4) is 0 Å². The molecule has 3 heteroatoms. The Morgan fingerprint density at radius 2 is 2.20 bits per heavy atom. The standard InChI is InChI=1S/C12H14BrFO/c1-8(5-9(2)15)6-10-3-4-11(14)7-12(10)13/h3-4,7-8H,5-6H2,1-2H3. The van der Waals surface area contributed by atoms with Gasteiger partial charge in [0.15, 0.2) is 0 Å². The molecule has 15 heavy (non-hydrogen) atoms. The van der Waals surface area contributed by atoms with Crippen LogP contribution in [0, 0.1) is 11.7 Å². The Kier molecular flexibility index (Phi) is 4.45. The second-order valence-corrected chi connectivity index (χ2v) is 4.81. The molecule has 0 radical (unpaired) electrons. The Labute approximate surface area is 97.8 Å². The Morgan fingerprint density at radius 1 is 1.53 bits per heavy atom. The average molecular weight is 273 g/mol. The van der Waals surface area contributed by atoms with Gasteiger partial charge in [0.2, 0.25) is 0 Å². The molecular weight excluding hydrogens is 259 g/mol. The number of benzene rings is 1. The largest absolute Gasteiger partial charge is 0.300 e. The minimum Gasteiger partial charge on any atom is -0.300 e. The van der Waals surface area contributed by atoms with Crippen molar-refractivity contribution in [2.75, 3.05) is 0 Å². The first-order valence-electron chi connectivity index (χ1n) is 4.92. The van der Waals surface area contributed by atoms with E-state index in [1.165, 1.54) is 12.1 Å². The molecule has 1 aromatic rings. The minimum absolute atomic E-state index is 0.195. The predicted molar refractivity (Wildman–Crippen MR) is 62.3 cm³/mol. The highest BCUT2D eigenvalue weighted by atomic mass is 79.9. The highest BCUT2D eigenvalue weighted by Crippen LogP contribution is 2.22. The van der Waals surface area contributed by atoms with Gasteiger partial charge in [0.25, 0.3) is 0 Å². The van der Waals surface area contributed by atoms with Crippen LogP contribution in [-0.2, 0) is 11.2 Å². The highest BCUT2D eigenvalue weighted by molar-refractivity contribution is 9.10. The lowest BCUT2D eigenvalue weighted by Crippen LogP contribution is -2.05. The third-order valence-corrected chi connectivity index (χ3v) is 2.96. The van der Waals surface area contributed by atoms with Crippen LogP contribution in [0.3, 0.4) is 0 Å². The molecule has 0 saturated carbocycles. The van der Waals surface area contributed by atoms with E-state index in [1.807, 2.05) is 6.92 Å². The zero-order valence-corrected chi connectivity index (χ0v) is 10.5. The molecule has 0 bridgehead atoms. The van der Waals surface area contributed by atoms with Gasteiger partial charge in [-0.05, 0) is 37.0 Å². The molecule has 0 amide bonds. The maximum atomic E-state index is 12.8. The van der Waals surface area contributed by atoms with Crippen molar-refractivity contribution in [2.24, 2.45) is 5.92 Å². The van der Waals surface area contributed by atoms with E-state index >= 15 is 0 Å². The molecule has 82 valence electrons. The SMILES string of the molecule is CC(=O)CC(C)Cc1ccc(F)cc1Br. The van der Waals surface area contributed by atoms with Crippen LogP contribution in [0.1, 0.15) is 25.8 Å². The van der Waals surface area contributed by atoms with E-state index in [0.29, 0.717) is 12.3 Å². The highest BCUT2D eigenvalue weighted by Gasteiger charge is 2.09. The number of carbonyl (C=O) groups excluding carboxylic acids is 1. The van der Waals surface area contributed by atoms with Gasteiger partial charge in [-0.15, -0.1) is 0 Å². The van der Waals surface area contributed by atoms with Gasteiger partial charge in [-0.1, -0.05) is 28.9 Å². The first-order chi connectivity index (χ1) is 6.99. The van der Waals surface area contributed by atoms with Crippen molar-refractivity contribution in [3.63, 3.8) is 0 Å². The monoisotopic (exact) mass is 272 g/mol. The maximum absolute atomic E-state index is 12.8. The van der Waals surface area contributed by atoms with Crippen LogP contribution in [0.2, 0.25) is 0 Å². The van der Waals surface area contributed by atoms with E-state index in [4.69, 9.17) is 0 Å². The summed E-state index contributed by atoms with van der Waals surface area (Å²) in [5.41, 5.74) is 1.05. The summed E-state index contributed by atoms with van der Waals surface area (Å²) < 4.78 is 13.6. The molecule has 1 unspecified atom stereocenters. The van der Waals surface area contributed by atoms with Crippen molar-refractivity contribution in [2.45, 2.75) is 26.7 Å². The summed E-state index contributed by atoms with van der Waals surface area (Å²) >= 11 is 3.32. The summed E-state index contributed by atoms with van der Waals surface area (Å²) in [5, 5.41) is 0. The quantitative estimate of drug-likeness (QED) is 0.816. The second-order valence-electron chi connectivity index (χ2n) is 3.95. The number of halogens is 2. The van der Waals surface area contributed by atoms with Gasteiger partial charge < -0.3 is 4.79 Å². The van der Waals surface area contributed by atoms with E-state index in [0.717, 1.165) is 16.5 Å². The van der Waals surface area contributed by atoms with Crippen molar-refractivity contribution < 1.29 is 9.18 Å². The number of hydrogen-bond donors (Lipinski definition) is 0. The molecule has 0 aromatic heterocycles. The molecule has 0 aliphatic heterocycles. The van der Waals surface area contributed by atoms with E-state index in [-0.39, 0.29) is 11.6 Å². The summed E-state index contributed by atoms with van der Waals surface area (Å²) in [5.74, 6) is 0.245. The van der Waals surface area contributed by atoms with Gasteiger partial charge in [-0.25, -0.2) is 4.39 Å². The summed E-state index contributed by atoms with van der Waals surface area (Å²) in [4.78, 5) is 10.9. The Bertz CT molecular complexity index is 363. The van der Waals surface area contributed by atoms with Gasteiger partial charge >= 0.3 is 0 Å². The van der Waals surface area contributed by atoms with Crippen molar-refractivity contribution in [1.82, 2.24) is 0 Å². The van der Waals surface area contributed by atoms with E-state index in [1.54, 1.807) is 13.0 Å². The summed E-state index contributed by atoms with van der Waals surface area (Å²) in [6.45, 7) is 3.62. The van der Waals surface area contributed by atoms with E-state index in [2.05, 4.69) is 15.9 Å². The average Bonchev–Trinajstić information content (AvgIpc) is 2.08. The summed E-state index contributed by atoms with van der Waals surface area (Å²) in [6.07, 6.45) is 1.37. The molecule has 0 fully saturated rings. The number of hydrogen-bond acceptors (Lipinski definition) is 1. The Morgan fingerprint density at radius 3 is 2.73 bits per heavy atom. The molecule has 0 aliphatic carbocycles. The smallest absolute Gasteiger partial charge is 0.130 e. The molecule has 0 spiro atoms. The number of Topliss-reactive ketones (excluding diaryl/α,β-unsaturated/α-hetero) is 1. The molecule has 0 aliphatic rings. The van der Waals surface area contributed by atoms with Crippen molar-refractivity contribution >= 4 is 21.7 Å². The Balaban J connectivity index is 2.68. The van der Waals surface area contributed by atoms with Gasteiger partial charge in [0.1, 0.15) is 11.6 Å². The van der Waals surface area contributed by atoms with Gasteiger partial charge in [-0.3, -0.25) is 0 Å². The molecule has 0 N–H and O–H groups in total. The van der Waals surface area contributed by atoms with Crippen LogP contribution in [0.15, 0.2) is 22.7 Å². The first kappa shape index (κ1) is 12.4. The van der Waals surface area contributed by atoms with Crippen LogP contribution in [0.5, 0.6) is 0 Å². The number of carbonyl (C=O) groups is 1. The zero-order valence-electron chi connectivity index (χ0n) is 8.89. The second kappa shape index (κ2) is 5.40. The first-order valence-corrected chi connectivity index (χ1v) is 5.71. The molecule has 1 aromatic carbocycles. The zero-order chi connectivity index (χ0) is 11.4. The normalized spacial score (nSPS) is 12.5. The number of ketones is 1. The van der Waals surface area contributed by atoms with Crippen LogP contribution in [-0.4, -0.2) is 5.78 Å². The fourth-order valence-corrected chi connectivity index (χ4v) is 2.14. The molecule has 0 saturated heterocycles. The van der Waals surface area contributed by atoms with Crippen molar-refractivity contribution in [3.05, 3.63) is 34.1 Å². The van der Waals surface area contributed by atoms with Gasteiger partial charge in [0.05, 0.1) is 0 Å². The third-order valence-electron chi connectivity index (χ3n) is 2.22. The van der Waals surface area contributed by atoms with E-state index < -0.39 is 0 Å². The molecule has 1 rings (SSSR count). The van der Waals surface area contributed by atoms with E-state index in [9.17, 15) is 9.18 Å². The molecule has 1 nitrogen and oxygen atoms in total.